The Labute approximate surface area is 172 Å². The summed E-state index contributed by atoms with van der Waals surface area (Å²) in [4.78, 5) is 12.3. The van der Waals surface area contributed by atoms with Crippen molar-refractivity contribution in [3.63, 3.8) is 0 Å². The molecular formula is C26H26O3. The van der Waals surface area contributed by atoms with Crippen molar-refractivity contribution in [3.05, 3.63) is 102 Å². The van der Waals surface area contributed by atoms with Crippen molar-refractivity contribution in [2.24, 2.45) is 0 Å². The summed E-state index contributed by atoms with van der Waals surface area (Å²) in [5.74, 6) is 0.984. The van der Waals surface area contributed by atoms with E-state index in [4.69, 9.17) is 9.47 Å². The Morgan fingerprint density at radius 2 is 1.52 bits per heavy atom. The Bertz CT molecular complexity index is 965. The molecule has 3 heteroatoms. The zero-order valence-corrected chi connectivity index (χ0v) is 17.1. The van der Waals surface area contributed by atoms with Crippen LogP contribution in [0.1, 0.15) is 37.5 Å². The van der Waals surface area contributed by atoms with Crippen LogP contribution < -0.4 is 9.47 Å². The van der Waals surface area contributed by atoms with Gasteiger partial charge < -0.3 is 9.47 Å². The lowest BCUT2D eigenvalue weighted by Crippen LogP contribution is -2.15. The van der Waals surface area contributed by atoms with Gasteiger partial charge in [-0.25, -0.2) is 4.79 Å². The van der Waals surface area contributed by atoms with Crippen LogP contribution >= 0.6 is 0 Å². The molecule has 0 amide bonds. The van der Waals surface area contributed by atoms with Crippen molar-refractivity contribution < 1.29 is 14.3 Å². The highest BCUT2D eigenvalue weighted by atomic mass is 16.5. The molecule has 0 unspecified atom stereocenters. The average molecular weight is 386 g/mol. The van der Waals surface area contributed by atoms with E-state index >= 15 is 0 Å². The first-order valence-corrected chi connectivity index (χ1v) is 9.68. The number of benzene rings is 3. The van der Waals surface area contributed by atoms with Gasteiger partial charge in [-0.05, 0) is 40.8 Å². The van der Waals surface area contributed by atoms with Gasteiger partial charge in [-0.1, -0.05) is 81.4 Å². The number of ether oxygens (including phenoxy) is 2. The quantitative estimate of drug-likeness (QED) is 0.288. The summed E-state index contributed by atoms with van der Waals surface area (Å²) < 4.78 is 11.3. The molecule has 3 rings (SSSR count). The lowest BCUT2D eigenvalue weighted by Gasteiger charge is -2.21. The highest BCUT2D eigenvalue weighted by Crippen LogP contribution is 2.31. The molecule has 0 aromatic heterocycles. The third kappa shape index (κ3) is 6.08. The number of hydrogen-bond acceptors (Lipinski definition) is 3. The second-order valence-corrected chi connectivity index (χ2v) is 7.84. The number of para-hydroxylation sites is 1. The molecule has 0 N–H and O–H groups in total. The highest BCUT2D eigenvalue weighted by Gasteiger charge is 2.19. The largest absolute Gasteiger partial charge is 0.489 e. The first-order valence-electron chi connectivity index (χ1n) is 9.68. The first-order chi connectivity index (χ1) is 13.9. The average Bonchev–Trinajstić information content (AvgIpc) is 2.72. The Hall–Kier alpha value is -3.33. The molecule has 0 fully saturated rings. The molecular weight excluding hydrogens is 360 g/mol. The molecule has 0 aliphatic rings. The first kappa shape index (κ1) is 20.4. The third-order valence-electron chi connectivity index (χ3n) is 4.45. The van der Waals surface area contributed by atoms with E-state index in [1.807, 2.05) is 78.9 Å². The van der Waals surface area contributed by atoms with Crippen LogP contribution in [-0.2, 0) is 16.8 Å². The number of rotatable bonds is 6. The van der Waals surface area contributed by atoms with Crippen LogP contribution in [0.3, 0.4) is 0 Å². The van der Waals surface area contributed by atoms with Gasteiger partial charge in [-0.3, -0.25) is 0 Å². The van der Waals surface area contributed by atoms with E-state index < -0.39 is 5.97 Å². The minimum Gasteiger partial charge on any atom is -0.489 e. The summed E-state index contributed by atoms with van der Waals surface area (Å²) in [6.45, 7) is 6.81. The van der Waals surface area contributed by atoms with E-state index in [1.165, 1.54) is 6.08 Å². The zero-order valence-electron chi connectivity index (χ0n) is 17.1. The summed E-state index contributed by atoms with van der Waals surface area (Å²) in [6, 6.07) is 25.3. The maximum Gasteiger partial charge on any atom is 0.336 e. The number of hydrogen-bond donors (Lipinski definition) is 0. The monoisotopic (exact) mass is 386 g/mol. The Kier molecular flexibility index (Phi) is 6.50. The maximum absolute atomic E-state index is 12.3. The fraction of sp³-hybridized carbons (Fsp3) is 0.192. The smallest absolute Gasteiger partial charge is 0.336 e. The van der Waals surface area contributed by atoms with Crippen LogP contribution in [0.15, 0.2) is 84.9 Å². The topological polar surface area (TPSA) is 35.5 Å². The van der Waals surface area contributed by atoms with Gasteiger partial charge in [0.15, 0.2) is 0 Å². The van der Waals surface area contributed by atoms with Crippen molar-refractivity contribution in [1.82, 2.24) is 0 Å². The van der Waals surface area contributed by atoms with Crippen LogP contribution in [0.4, 0.5) is 0 Å². The van der Waals surface area contributed by atoms with E-state index in [-0.39, 0.29) is 5.41 Å². The van der Waals surface area contributed by atoms with Gasteiger partial charge in [0.05, 0.1) is 0 Å². The molecule has 3 nitrogen and oxygen atoms in total. The molecule has 0 bridgehead atoms. The summed E-state index contributed by atoms with van der Waals surface area (Å²) in [5.41, 5.74) is 2.92. The molecule has 0 saturated heterocycles. The van der Waals surface area contributed by atoms with Gasteiger partial charge in [0.2, 0.25) is 0 Å². The minimum atomic E-state index is -0.397. The van der Waals surface area contributed by atoms with Crippen molar-refractivity contribution in [1.29, 1.82) is 0 Å². The van der Waals surface area contributed by atoms with Crippen LogP contribution in [0.2, 0.25) is 0 Å². The van der Waals surface area contributed by atoms with Crippen molar-refractivity contribution >= 4 is 12.0 Å². The Morgan fingerprint density at radius 3 is 2.21 bits per heavy atom. The predicted molar refractivity (Wildman–Crippen MR) is 117 cm³/mol. The molecule has 0 spiro atoms. The molecule has 0 aliphatic heterocycles. The van der Waals surface area contributed by atoms with E-state index in [2.05, 4.69) is 20.8 Å². The second-order valence-electron chi connectivity index (χ2n) is 7.84. The predicted octanol–water partition coefficient (Wildman–Crippen LogP) is 6.18. The Balaban J connectivity index is 1.58. The number of carbonyl (C=O) groups excluding carboxylic acids is 1. The molecule has 3 aromatic carbocycles. The molecule has 148 valence electrons. The minimum absolute atomic E-state index is 0.101. The van der Waals surface area contributed by atoms with Crippen LogP contribution in [-0.4, -0.2) is 5.97 Å². The van der Waals surface area contributed by atoms with E-state index in [9.17, 15) is 4.79 Å². The molecule has 0 aliphatic carbocycles. The van der Waals surface area contributed by atoms with Gasteiger partial charge in [0, 0.05) is 11.6 Å². The Morgan fingerprint density at radius 1 is 0.862 bits per heavy atom. The summed E-state index contributed by atoms with van der Waals surface area (Å²) in [7, 11) is 0. The molecule has 3 aromatic rings. The van der Waals surface area contributed by atoms with Gasteiger partial charge in [-0.2, -0.15) is 0 Å². The standard InChI is InChI=1S/C26H26O3/c1-26(2,3)23-11-7-8-12-24(23)29-25(27)18-15-20-13-16-22(17-14-20)28-19-21-9-5-4-6-10-21/h4-18H,19H2,1-3H3/b18-15+. The van der Waals surface area contributed by atoms with Gasteiger partial charge >= 0.3 is 5.97 Å². The number of esters is 1. The molecule has 0 atom stereocenters. The van der Waals surface area contributed by atoms with Crippen LogP contribution in [0.5, 0.6) is 11.5 Å². The fourth-order valence-corrected chi connectivity index (χ4v) is 2.90. The van der Waals surface area contributed by atoms with E-state index in [1.54, 1.807) is 6.08 Å². The van der Waals surface area contributed by atoms with Gasteiger partial charge in [-0.15, -0.1) is 0 Å². The normalized spacial score (nSPS) is 11.4. The molecule has 29 heavy (non-hydrogen) atoms. The highest BCUT2D eigenvalue weighted by molar-refractivity contribution is 5.88. The molecule has 0 saturated carbocycles. The lowest BCUT2D eigenvalue weighted by atomic mass is 9.86. The van der Waals surface area contributed by atoms with Crippen LogP contribution in [0, 0.1) is 0 Å². The van der Waals surface area contributed by atoms with Gasteiger partial charge in [0.25, 0.3) is 0 Å². The van der Waals surface area contributed by atoms with Crippen molar-refractivity contribution in [2.45, 2.75) is 32.8 Å². The summed E-state index contributed by atoms with van der Waals surface area (Å²) in [5, 5.41) is 0. The summed E-state index contributed by atoms with van der Waals surface area (Å²) in [6.07, 6.45) is 3.18. The van der Waals surface area contributed by atoms with Crippen molar-refractivity contribution in [3.8, 4) is 11.5 Å². The van der Waals surface area contributed by atoms with Crippen molar-refractivity contribution in [2.75, 3.05) is 0 Å². The lowest BCUT2D eigenvalue weighted by molar-refractivity contribution is -0.128. The zero-order chi connectivity index (χ0) is 20.7. The van der Waals surface area contributed by atoms with Gasteiger partial charge in [0.1, 0.15) is 18.1 Å². The number of carbonyl (C=O) groups is 1. The third-order valence-corrected chi connectivity index (χ3v) is 4.45. The SMILES string of the molecule is CC(C)(C)c1ccccc1OC(=O)/C=C/c1ccc(OCc2ccccc2)cc1. The fourth-order valence-electron chi connectivity index (χ4n) is 2.90. The van der Waals surface area contributed by atoms with E-state index in [0.29, 0.717) is 12.4 Å². The van der Waals surface area contributed by atoms with Crippen LogP contribution in [0.25, 0.3) is 6.08 Å². The molecule has 0 heterocycles. The summed E-state index contributed by atoms with van der Waals surface area (Å²) >= 11 is 0. The second kappa shape index (κ2) is 9.24. The maximum atomic E-state index is 12.3. The molecule has 0 radical (unpaired) electrons. The van der Waals surface area contributed by atoms with E-state index in [0.717, 1.165) is 22.4 Å².